The van der Waals surface area contributed by atoms with E-state index in [-0.39, 0.29) is 0 Å². The molecule has 0 spiro atoms. The van der Waals surface area contributed by atoms with Crippen LogP contribution in [0.3, 0.4) is 0 Å². The van der Waals surface area contributed by atoms with Crippen LogP contribution >= 0.6 is 11.3 Å². The lowest BCUT2D eigenvalue weighted by Gasteiger charge is -2.26. The number of thiazole rings is 1. The standard InChI is InChI=1S/C15H21N3S/c1-12(2)18(10-13-6-4-3-5-7-13)9-8-14-11-19-15(16)17-14/h3-7,11-12H,8-10H2,1-2H3,(H2,16,17). The maximum Gasteiger partial charge on any atom is 0.180 e. The molecule has 0 radical (unpaired) electrons. The van der Waals surface area contributed by atoms with Crippen LogP contribution in [-0.4, -0.2) is 22.5 Å². The van der Waals surface area contributed by atoms with E-state index in [1.54, 1.807) is 0 Å². The topological polar surface area (TPSA) is 42.1 Å². The van der Waals surface area contributed by atoms with Gasteiger partial charge < -0.3 is 5.73 Å². The summed E-state index contributed by atoms with van der Waals surface area (Å²) in [6.45, 7) is 6.46. The molecule has 1 heterocycles. The van der Waals surface area contributed by atoms with Gasteiger partial charge in [-0.25, -0.2) is 4.98 Å². The molecule has 0 aliphatic carbocycles. The molecule has 19 heavy (non-hydrogen) atoms. The molecule has 4 heteroatoms. The first-order valence-corrected chi connectivity index (χ1v) is 7.51. The van der Waals surface area contributed by atoms with Crippen LogP contribution in [0.15, 0.2) is 35.7 Å². The fraction of sp³-hybridized carbons (Fsp3) is 0.400. The van der Waals surface area contributed by atoms with Crippen LogP contribution in [0.2, 0.25) is 0 Å². The number of hydrogen-bond acceptors (Lipinski definition) is 4. The van der Waals surface area contributed by atoms with Gasteiger partial charge in [-0.05, 0) is 19.4 Å². The van der Waals surface area contributed by atoms with Crippen LogP contribution in [0.4, 0.5) is 5.13 Å². The van der Waals surface area contributed by atoms with Crippen LogP contribution < -0.4 is 5.73 Å². The van der Waals surface area contributed by atoms with Crippen LogP contribution in [0.1, 0.15) is 25.1 Å². The summed E-state index contributed by atoms with van der Waals surface area (Å²) in [5.74, 6) is 0. The summed E-state index contributed by atoms with van der Waals surface area (Å²) in [5.41, 5.74) is 8.12. The average Bonchev–Trinajstić information content (AvgIpc) is 2.81. The smallest absolute Gasteiger partial charge is 0.180 e. The number of nitrogen functional groups attached to an aromatic ring is 1. The summed E-state index contributed by atoms with van der Waals surface area (Å²) in [5, 5.41) is 2.71. The van der Waals surface area contributed by atoms with Crippen molar-refractivity contribution in [1.29, 1.82) is 0 Å². The number of aromatic nitrogens is 1. The van der Waals surface area contributed by atoms with E-state index >= 15 is 0 Å². The Labute approximate surface area is 119 Å². The van der Waals surface area contributed by atoms with Gasteiger partial charge in [0.1, 0.15) is 0 Å². The Hall–Kier alpha value is -1.39. The van der Waals surface area contributed by atoms with E-state index in [1.165, 1.54) is 16.9 Å². The third-order valence-electron chi connectivity index (χ3n) is 3.18. The Balaban J connectivity index is 1.93. The molecule has 0 saturated heterocycles. The van der Waals surface area contributed by atoms with Gasteiger partial charge in [-0.15, -0.1) is 11.3 Å². The minimum Gasteiger partial charge on any atom is -0.375 e. The summed E-state index contributed by atoms with van der Waals surface area (Å²) in [6.07, 6.45) is 0.957. The van der Waals surface area contributed by atoms with E-state index in [2.05, 4.69) is 59.4 Å². The Morgan fingerprint density at radius 2 is 2.00 bits per heavy atom. The van der Waals surface area contributed by atoms with Crippen LogP contribution in [0, 0.1) is 0 Å². The van der Waals surface area contributed by atoms with Crippen molar-refractivity contribution in [1.82, 2.24) is 9.88 Å². The predicted octanol–water partition coefficient (Wildman–Crippen LogP) is 3.18. The molecule has 102 valence electrons. The lowest BCUT2D eigenvalue weighted by Crippen LogP contribution is -2.32. The third-order valence-corrected chi connectivity index (χ3v) is 3.91. The number of rotatable bonds is 6. The van der Waals surface area contributed by atoms with Crippen molar-refractivity contribution < 1.29 is 0 Å². The highest BCUT2D eigenvalue weighted by Gasteiger charge is 2.11. The van der Waals surface area contributed by atoms with E-state index in [0.29, 0.717) is 11.2 Å². The maximum absolute atomic E-state index is 5.66. The largest absolute Gasteiger partial charge is 0.375 e. The first-order chi connectivity index (χ1) is 9.15. The monoisotopic (exact) mass is 275 g/mol. The quantitative estimate of drug-likeness (QED) is 0.880. The van der Waals surface area contributed by atoms with Crippen molar-refractivity contribution in [3.05, 3.63) is 47.0 Å². The summed E-state index contributed by atoms with van der Waals surface area (Å²) in [7, 11) is 0. The Morgan fingerprint density at radius 3 is 2.58 bits per heavy atom. The number of hydrogen-bond donors (Lipinski definition) is 1. The third kappa shape index (κ3) is 4.33. The maximum atomic E-state index is 5.66. The second-order valence-electron chi connectivity index (χ2n) is 4.98. The molecule has 2 aromatic rings. The summed E-state index contributed by atoms with van der Waals surface area (Å²) >= 11 is 1.52. The molecule has 3 nitrogen and oxygen atoms in total. The SMILES string of the molecule is CC(C)N(CCc1csc(N)n1)Cc1ccccc1. The molecular formula is C15H21N3S. The number of benzene rings is 1. The second-order valence-corrected chi connectivity index (χ2v) is 5.87. The zero-order valence-electron chi connectivity index (χ0n) is 11.5. The molecule has 0 aliphatic heterocycles. The molecule has 0 fully saturated rings. The molecule has 2 N–H and O–H groups in total. The van der Waals surface area contributed by atoms with Crippen molar-refractivity contribution in [2.24, 2.45) is 0 Å². The van der Waals surface area contributed by atoms with Gasteiger partial charge in [-0.2, -0.15) is 0 Å². The molecule has 0 amide bonds. The zero-order valence-corrected chi connectivity index (χ0v) is 12.4. The van der Waals surface area contributed by atoms with Gasteiger partial charge in [-0.1, -0.05) is 30.3 Å². The van der Waals surface area contributed by atoms with Gasteiger partial charge in [0.15, 0.2) is 5.13 Å². The molecule has 2 rings (SSSR count). The number of anilines is 1. The molecule has 0 bridgehead atoms. The average molecular weight is 275 g/mol. The van der Waals surface area contributed by atoms with Gasteiger partial charge in [0.2, 0.25) is 0 Å². The van der Waals surface area contributed by atoms with E-state index < -0.39 is 0 Å². The van der Waals surface area contributed by atoms with Crippen molar-refractivity contribution >= 4 is 16.5 Å². The molecule has 0 saturated carbocycles. The van der Waals surface area contributed by atoms with Crippen LogP contribution in [0.25, 0.3) is 0 Å². The summed E-state index contributed by atoms with van der Waals surface area (Å²) in [4.78, 5) is 6.78. The molecule has 1 aromatic heterocycles. The van der Waals surface area contributed by atoms with Gasteiger partial charge in [0.25, 0.3) is 0 Å². The first kappa shape index (κ1) is 14.0. The summed E-state index contributed by atoms with van der Waals surface area (Å²) < 4.78 is 0. The molecule has 0 unspecified atom stereocenters. The van der Waals surface area contributed by atoms with E-state index in [9.17, 15) is 0 Å². The van der Waals surface area contributed by atoms with Gasteiger partial charge in [-0.3, -0.25) is 4.90 Å². The fourth-order valence-corrected chi connectivity index (χ4v) is 2.63. The normalized spacial score (nSPS) is 11.4. The lowest BCUT2D eigenvalue weighted by molar-refractivity contribution is 0.215. The Bertz CT molecular complexity index is 493. The fourth-order valence-electron chi connectivity index (χ4n) is 2.03. The number of nitrogens with two attached hydrogens (primary N) is 1. The number of nitrogens with zero attached hydrogens (tertiary/aromatic N) is 2. The minimum absolute atomic E-state index is 0.524. The highest BCUT2D eigenvalue weighted by molar-refractivity contribution is 7.13. The van der Waals surface area contributed by atoms with E-state index in [1.807, 2.05) is 0 Å². The minimum atomic E-state index is 0.524. The van der Waals surface area contributed by atoms with Crippen LogP contribution in [0.5, 0.6) is 0 Å². The summed E-state index contributed by atoms with van der Waals surface area (Å²) in [6, 6.07) is 11.1. The van der Waals surface area contributed by atoms with Gasteiger partial charge >= 0.3 is 0 Å². The first-order valence-electron chi connectivity index (χ1n) is 6.63. The lowest BCUT2D eigenvalue weighted by atomic mass is 10.1. The molecule has 0 aliphatic rings. The van der Waals surface area contributed by atoms with Gasteiger partial charge in [0, 0.05) is 30.9 Å². The van der Waals surface area contributed by atoms with Crippen molar-refractivity contribution in [3.63, 3.8) is 0 Å². The highest BCUT2D eigenvalue weighted by atomic mass is 32.1. The van der Waals surface area contributed by atoms with Gasteiger partial charge in [0.05, 0.1) is 5.69 Å². The van der Waals surface area contributed by atoms with E-state index in [4.69, 9.17) is 5.73 Å². The van der Waals surface area contributed by atoms with Crippen molar-refractivity contribution in [2.75, 3.05) is 12.3 Å². The van der Waals surface area contributed by atoms with Crippen molar-refractivity contribution in [3.8, 4) is 0 Å². The van der Waals surface area contributed by atoms with Crippen LogP contribution in [-0.2, 0) is 13.0 Å². The predicted molar refractivity (Wildman–Crippen MR) is 82.2 cm³/mol. The Kier molecular flexibility index (Phi) is 4.93. The molecular weight excluding hydrogens is 254 g/mol. The zero-order chi connectivity index (χ0) is 13.7. The second kappa shape index (κ2) is 6.68. The van der Waals surface area contributed by atoms with E-state index in [0.717, 1.165) is 25.2 Å². The Morgan fingerprint density at radius 1 is 1.26 bits per heavy atom. The van der Waals surface area contributed by atoms with Crippen molar-refractivity contribution in [2.45, 2.75) is 32.9 Å². The molecule has 0 atom stereocenters. The molecule has 1 aromatic carbocycles. The highest BCUT2D eigenvalue weighted by Crippen LogP contribution is 2.14.